The number of alkyl halides is 3. The predicted molar refractivity (Wildman–Crippen MR) is 362 cm³/mol. The van der Waals surface area contributed by atoms with Crippen LogP contribution in [0.25, 0.3) is 5.57 Å². The number of fused-ring (bicyclic) bond motifs is 1. The number of sulfonamides is 1. The zero-order chi connectivity index (χ0) is 69.1. The van der Waals surface area contributed by atoms with Gasteiger partial charge in [-0.3, -0.25) is 48.8 Å². The van der Waals surface area contributed by atoms with Crippen LogP contribution in [-0.4, -0.2) is 207 Å². The predicted octanol–water partition coefficient (Wildman–Crippen LogP) is 8.21. The van der Waals surface area contributed by atoms with Crippen LogP contribution in [0, 0.1) is 5.41 Å². The highest BCUT2D eigenvalue weighted by atomic mass is 35.5. The van der Waals surface area contributed by atoms with Crippen molar-refractivity contribution in [1.29, 1.82) is 0 Å². The molecule has 6 amide bonds. The topological polar surface area (TPSA) is 263 Å². The van der Waals surface area contributed by atoms with Crippen molar-refractivity contribution < 1.29 is 73.0 Å². The molecule has 29 heteroatoms. The zero-order valence-corrected chi connectivity index (χ0v) is 57.1. The van der Waals surface area contributed by atoms with Gasteiger partial charge in [0.25, 0.3) is 37.6 Å². The summed E-state index contributed by atoms with van der Waals surface area (Å²) in [5.74, 6) is -3.42. The van der Waals surface area contributed by atoms with Gasteiger partial charge in [0.05, 0.1) is 54.7 Å². The fourth-order valence-corrected chi connectivity index (χ4v) is 15.6. The Kier molecular flexibility index (Phi) is 23.9. The Bertz CT molecular complexity index is 3950. The number of anilines is 3. The molecule has 2 atom stereocenters. The quantitative estimate of drug-likeness (QED) is 0.0200. The molecule has 10 rings (SSSR count). The number of thioether (sulfide) groups is 1. The molecule has 22 nitrogen and oxygen atoms in total. The number of nitrogens with zero attached hydrogens (tertiary/aromatic N) is 5. The maximum absolute atomic E-state index is 14.5. The first-order valence-electron chi connectivity index (χ1n) is 32.2. The summed E-state index contributed by atoms with van der Waals surface area (Å²) in [6, 6.07) is 28.9. The smallest absolute Gasteiger partial charge is 0.382 e. The van der Waals surface area contributed by atoms with Gasteiger partial charge in [0.15, 0.2) is 0 Å². The fourth-order valence-electron chi connectivity index (χ4n) is 12.5. The number of hydrogen-bond donors (Lipinski definition) is 4. The Labute approximate surface area is 571 Å². The van der Waals surface area contributed by atoms with Crippen molar-refractivity contribution in [2.75, 3.05) is 133 Å². The average Bonchev–Trinajstić information content (AvgIpc) is 1.75. The number of ether oxygens (including phenoxy) is 3. The van der Waals surface area contributed by atoms with E-state index in [1.807, 2.05) is 47.2 Å². The van der Waals surface area contributed by atoms with Crippen LogP contribution in [0.5, 0.6) is 0 Å². The average molecular weight is 1420 g/mol. The van der Waals surface area contributed by atoms with Gasteiger partial charge in [-0.2, -0.15) is 13.2 Å². The Morgan fingerprint density at radius 2 is 1.43 bits per heavy atom. The van der Waals surface area contributed by atoms with Crippen molar-refractivity contribution in [3.8, 4) is 0 Å². The molecular formula is C68H79ClF3N9O13S3. The third-order valence-electron chi connectivity index (χ3n) is 17.8. The molecule has 3 fully saturated rings. The Balaban J connectivity index is 0.666. The normalized spacial score (nSPS) is 18.5. The maximum atomic E-state index is 14.5. The molecule has 0 saturated carbocycles. The monoisotopic (exact) mass is 1420 g/mol. The molecule has 5 aromatic carbocycles. The molecule has 5 aliphatic rings. The van der Waals surface area contributed by atoms with Crippen molar-refractivity contribution in [1.82, 2.24) is 29.6 Å². The van der Waals surface area contributed by atoms with E-state index in [0.717, 1.165) is 66.5 Å². The van der Waals surface area contributed by atoms with Crippen LogP contribution in [0.1, 0.15) is 89.0 Å². The van der Waals surface area contributed by atoms with Gasteiger partial charge < -0.3 is 34.6 Å². The number of nitrogens with one attached hydrogen (secondary N) is 4. The number of allylic oxidation sites excluding steroid dienone is 1. The van der Waals surface area contributed by atoms with Gasteiger partial charge in [-0.25, -0.2) is 21.6 Å². The van der Waals surface area contributed by atoms with E-state index < -0.39 is 82.5 Å². The lowest BCUT2D eigenvalue weighted by Crippen LogP contribution is -2.54. The third-order valence-corrected chi connectivity index (χ3v) is 22.1. The van der Waals surface area contributed by atoms with E-state index in [-0.39, 0.29) is 92.8 Å². The molecule has 0 aromatic heterocycles. The lowest BCUT2D eigenvalue weighted by atomic mass is 9.73. The standard InChI is InChI=1S/C68H79ClF3N9O13S3/c1-67(2)25-23-54(46-11-15-49(69)16-12-46)48(42-67)43-78-30-32-79(33-31-78)51-17-13-47(14-18-51)63(84)76-97(90,91)53-19-20-56(59(41-53)96(88,89)68(70,71)72)74-50(45-95-52-7-4-3-5-8-52)24-27-77-28-34-80(35-29-77)61(83)44-94-40-39-93-38-37-92-36-26-73-57-10-6-9-55-62(57)66(87)81(65(55)86)58-21-22-60(82)75-64(58)85/h3-20,41,50,58,73-74H,21-40,42-45H2,1-2H3,(H,76,84)(H,75,82,85)/t50-,58?/m1/s1. The highest BCUT2D eigenvalue weighted by Gasteiger charge is 2.49. The number of hydrogen-bond acceptors (Lipinski definition) is 19. The van der Waals surface area contributed by atoms with Crippen LogP contribution in [0.3, 0.4) is 0 Å². The van der Waals surface area contributed by atoms with Crippen LogP contribution in [0.2, 0.25) is 5.02 Å². The van der Waals surface area contributed by atoms with Gasteiger partial charge in [-0.05, 0) is 128 Å². The van der Waals surface area contributed by atoms with Crippen molar-refractivity contribution >= 4 is 101 Å². The molecule has 4 heterocycles. The fraction of sp³-hybridized carbons (Fsp3) is 0.441. The van der Waals surface area contributed by atoms with E-state index >= 15 is 0 Å². The first kappa shape index (κ1) is 72.3. The number of benzene rings is 5. The summed E-state index contributed by atoms with van der Waals surface area (Å²) in [5, 5.41) is 8.98. The van der Waals surface area contributed by atoms with Gasteiger partial charge >= 0.3 is 5.51 Å². The number of carbonyl (C=O) groups excluding carboxylic acids is 6. The van der Waals surface area contributed by atoms with Crippen LogP contribution in [0.15, 0.2) is 136 Å². The van der Waals surface area contributed by atoms with E-state index in [4.69, 9.17) is 25.8 Å². The molecule has 1 unspecified atom stereocenters. The van der Waals surface area contributed by atoms with Crippen LogP contribution >= 0.6 is 23.4 Å². The Hall–Kier alpha value is -7.41. The van der Waals surface area contributed by atoms with Gasteiger partial charge in [0.1, 0.15) is 17.5 Å². The minimum Gasteiger partial charge on any atom is -0.382 e. The molecule has 4 N–H and O–H groups in total. The number of piperidine rings is 1. The molecule has 0 radical (unpaired) electrons. The van der Waals surface area contributed by atoms with Crippen LogP contribution < -0.4 is 25.6 Å². The Morgan fingerprint density at radius 3 is 2.12 bits per heavy atom. The van der Waals surface area contributed by atoms with Crippen molar-refractivity contribution in [2.45, 2.75) is 84.7 Å². The highest BCUT2D eigenvalue weighted by Crippen LogP contribution is 2.43. The molecule has 97 heavy (non-hydrogen) atoms. The van der Waals surface area contributed by atoms with Crippen molar-refractivity contribution in [2.24, 2.45) is 5.41 Å². The van der Waals surface area contributed by atoms with Gasteiger partial charge in [-0.15, -0.1) is 11.8 Å². The molecule has 520 valence electrons. The van der Waals surface area contributed by atoms with Crippen molar-refractivity contribution in [3.05, 3.63) is 148 Å². The summed E-state index contributed by atoms with van der Waals surface area (Å²) < 4.78 is 117. The molecule has 5 aromatic rings. The minimum atomic E-state index is -6.17. The van der Waals surface area contributed by atoms with E-state index in [0.29, 0.717) is 69.0 Å². The molecule has 4 aliphatic heterocycles. The number of carbonyl (C=O) groups is 6. The minimum absolute atomic E-state index is 0.0136. The molecule has 0 bridgehead atoms. The van der Waals surface area contributed by atoms with Gasteiger partial charge in [0.2, 0.25) is 17.7 Å². The molecule has 1 aliphatic carbocycles. The summed E-state index contributed by atoms with van der Waals surface area (Å²) in [6.45, 7) is 11.6. The second-order valence-electron chi connectivity index (χ2n) is 25.1. The first-order valence-corrected chi connectivity index (χ1v) is 36.5. The summed E-state index contributed by atoms with van der Waals surface area (Å²) in [5.41, 5.74) is -0.642. The largest absolute Gasteiger partial charge is 0.501 e. The van der Waals surface area contributed by atoms with Crippen LogP contribution in [0.4, 0.5) is 30.2 Å². The van der Waals surface area contributed by atoms with Crippen LogP contribution in [-0.2, 0) is 48.5 Å². The van der Waals surface area contributed by atoms with Crippen molar-refractivity contribution in [3.63, 3.8) is 0 Å². The maximum Gasteiger partial charge on any atom is 0.501 e. The van der Waals surface area contributed by atoms with E-state index in [1.165, 1.54) is 46.7 Å². The number of piperazine rings is 2. The zero-order valence-electron chi connectivity index (χ0n) is 53.9. The van der Waals surface area contributed by atoms with E-state index in [9.17, 15) is 58.8 Å². The second-order valence-corrected chi connectivity index (χ2v) is 30.3. The number of imide groups is 2. The lowest BCUT2D eigenvalue weighted by Gasteiger charge is -2.39. The number of halogens is 4. The number of sulfone groups is 1. The van der Waals surface area contributed by atoms with Gasteiger partial charge in [-0.1, -0.05) is 67.4 Å². The van der Waals surface area contributed by atoms with E-state index in [1.54, 1.807) is 29.2 Å². The highest BCUT2D eigenvalue weighted by molar-refractivity contribution is 7.99. The molecule has 3 saturated heterocycles. The lowest BCUT2D eigenvalue weighted by molar-refractivity contribution is -0.138. The summed E-state index contributed by atoms with van der Waals surface area (Å²) in [4.78, 5) is 85.1. The summed E-state index contributed by atoms with van der Waals surface area (Å²) >= 11 is 7.60. The molecular weight excluding hydrogens is 1340 g/mol. The number of amides is 6. The van der Waals surface area contributed by atoms with Gasteiger partial charge in [0, 0.05) is 117 Å². The summed E-state index contributed by atoms with van der Waals surface area (Å²) in [6.07, 6.45) is 3.44. The van der Waals surface area contributed by atoms with E-state index in [2.05, 4.69) is 56.6 Å². The summed E-state index contributed by atoms with van der Waals surface area (Å²) in [7, 11) is -11.1. The third kappa shape index (κ3) is 18.5. The first-order chi connectivity index (χ1) is 46.3. The molecule has 0 spiro atoms. The number of rotatable bonds is 29. The Morgan fingerprint density at radius 1 is 0.753 bits per heavy atom. The second kappa shape index (κ2) is 32.1. The SMILES string of the molecule is CC1(C)CCC(c2ccc(Cl)cc2)=C(CN2CCN(c3ccc(C(=O)NS(=O)(=O)c4ccc(N[C@H](CCN5CCN(C(=O)COCCOCCOCCNc6cccc7c6C(=O)N(C6CCC(=O)NC6=O)C7=O)CC5)CSc5ccccc5)c(S(=O)(=O)C(F)(F)F)c4)cc3)CC2)C1.